The summed E-state index contributed by atoms with van der Waals surface area (Å²) in [6.07, 6.45) is 0.854. The van der Waals surface area contributed by atoms with Gasteiger partial charge in [-0.15, -0.1) is 11.3 Å². The normalized spacial score (nSPS) is 14.3. The molecule has 2 aromatic rings. The van der Waals surface area contributed by atoms with Crippen LogP contribution in [0.3, 0.4) is 0 Å². The maximum absolute atomic E-state index is 12.7. The van der Waals surface area contributed by atoms with Gasteiger partial charge in [-0.25, -0.2) is 4.98 Å². The van der Waals surface area contributed by atoms with E-state index in [4.69, 9.17) is 0 Å². The van der Waals surface area contributed by atoms with Crippen LogP contribution in [0.5, 0.6) is 0 Å². The van der Waals surface area contributed by atoms with Gasteiger partial charge in [-0.1, -0.05) is 13.8 Å². The molecule has 0 aromatic carbocycles. The standard InChI is InChI=1S/C16H19N3O2S/c1-9(2)14-17-10(3)13(15(20)18-14)16(21)19-6-4-12-11(8-19)5-7-22-12/h5,7,9H,4,6,8H2,1-3H3,(H,17,18,20). The zero-order valence-electron chi connectivity index (χ0n) is 13.0. The van der Waals surface area contributed by atoms with Crippen molar-refractivity contribution in [3.05, 3.63) is 49.3 Å². The molecule has 1 amide bonds. The van der Waals surface area contributed by atoms with Gasteiger partial charge < -0.3 is 9.88 Å². The third kappa shape index (κ3) is 2.59. The lowest BCUT2D eigenvalue weighted by atomic mass is 10.1. The van der Waals surface area contributed by atoms with Crippen LogP contribution < -0.4 is 5.56 Å². The molecule has 0 unspecified atom stereocenters. The van der Waals surface area contributed by atoms with Crippen molar-refractivity contribution >= 4 is 17.2 Å². The van der Waals surface area contributed by atoms with Crippen molar-refractivity contribution in [1.29, 1.82) is 0 Å². The van der Waals surface area contributed by atoms with Crippen molar-refractivity contribution in [2.45, 2.75) is 39.7 Å². The van der Waals surface area contributed by atoms with E-state index in [1.165, 1.54) is 10.4 Å². The maximum Gasteiger partial charge on any atom is 0.264 e. The Labute approximate surface area is 133 Å². The van der Waals surface area contributed by atoms with Gasteiger partial charge in [0.1, 0.15) is 11.4 Å². The lowest BCUT2D eigenvalue weighted by Gasteiger charge is -2.27. The SMILES string of the molecule is Cc1nc(C(C)C)[nH]c(=O)c1C(=O)N1CCc2sccc2C1. The smallest absolute Gasteiger partial charge is 0.264 e. The van der Waals surface area contributed by atoms with E-state index >= 15 is 0 Å². The number of fused-ring (bicyclic) bond motifs is 1. The van der Waals surface area contributed by atoms with Crippen LogP contribution in [0.2, 0.25) is 0 Å². The third-order valence-corrected chi connectivity index (χ3v) is 5.00. The Bertz CT molecular complexity index is 776. The summed E-state index contributed by atoms with van der Waals surface area (Å²) in [7, 11) is 0. The number of nitrogens with zero attached hydrogens (tertiary/aromatic N) is 2. The number of carbonyl (C=O) groups excluding carboxylic acids is 1. The van der Waals surface area contributed by atoms with E-state index in [1.54, 1.807) is 23.2 Å². The number of rotatable bonds is 2. The molecular weight excluding hydrogens is 298 g/mol. The molecule has 6 heteroatoms. The van der Waals surface area contributed by atoms with Gasteiger partial charge in [-0.2, -0.15) is 0 Å². The number of thiophene rings is 1. The van der Waals surface area contributed by atoms with Crippen molar-refractivity contribution in [3.63, 3.8) is 0 Å². The number of H-pyrrole nitrogens is 1. The highest BCUT2D eigenvalue weighted by atomic mass is 32.1. The van der Waals surface area contributed by atoms with Crippen LogP contribution in [0.25, 0.3) is 0 Å². The maximum atomic E-state index is 12.7. The van der Waals surface area contributed by atoms with Crippen molar-refractivity contribution in [3.8, 4) is 0 Å². The summed E-state index contributed by atoms with van der Waals surface area (Å²) < 4.78 is 0. The number of amides is 1. The van der Waals surface area contributed by atoms with Gasteiger partial charge in [-0.05, 0) is 30.4 Å². The number of hydrogen-bond donors (Lipinski definition) is 1. The number of hydrogen-bond acceptors (Lipinski definition) is 4. The molecule has 3 rings (SSSR count). The molecule has 116 valence electrons. The fraction of sp³-hybridized carbons (Fsp3) is 0.438. The summed E-state index contributed by atoms with van der Waals surface area (Å²) in [6, 6.07) is 2.05. The van der Waals surface area contributed by atoms with E-state index in [0.29, 0.717) is 24.6 Å². The highest BCUT2D eigenvalue weighted by molar-refractivity contribution is 7.10. The quantitative estimate of drug-likeness (QED) is 0.925. The predicted molar refractivity (Wildman–Crippen MR) is 86.4 cm³/mol. The molecule has 0 spiro atoms. The number of aryl methyl sites for hydroxylation is 1. The van der Waals surface area contributed by atoms with E-state index < -0.39 is 0 Å². The van der Waals surface area contributed by atoms with Gasteiger partial charge >= 0.3 is 0 Å². The largest absolute Gasteiger partial charge is 0.334 e. The summed E-state index contributed by atoms with van der Waals surface area (Å²) in [5.74, 6) is 0.523. The monoisotopic (exact) mass is 317 g/mol. The molecule has 5 nitrogen and oxygen atoms in total. The number of aromatic amines is 1. The summed E-state index contributed by atoms with van der Waals surface area (Å²) in [5, 5.41) is 2.05. The molecule has 0 saturated carbocycles. The zero-order valence-corrected chi connectivity index (χ0v) is 13.8. The first-order valence-corrected chi connectivity index (χ1v) is 8.30. The fourth-order valence-electron chi connectivity index (χ4n) is 2.71. The van der Waals surface area contributed by atoms with Crippen molar-refractivity contribution in [2.75, 3.05) is 6.54 Å². The second kappa shape index (κ2) is 5.68. The number of carbonyl (C=O) groups is 1. The highest BCUT2D eigenvalue weighted by Gasteiger charge is 2.26. The topological polar surface area (TPSA) is 66.1 Å². The summed E-state index contributed by atoms with van der Waals surface area (Å²) in [6.45, 7) is 6.87. The van der Waals surface area contributed by atoms with Crippen LogP contribution >= 0.6 is 11.3 Å². The van der Waals surface area contributed by atoms with Crippen LogP contribution in [-0.4, -0.2) is 27.3 Å². The lowest BCUT2D eigenvalue weighted by Crippen LogP contribution is -2.39. The minimum absolute atomic E-state index is 0.124. The molecule has 0 saturated heterocycles. The first kappa shape index (κ1) is 15.0. The average molecular weight is 317 g/mol. The molecule has 3 heterocycles. The predicted octanol–water partition coefficient (Wildman–Crippen LogP) is 2.46. The molecule has 2 aromatic heterocycles. The summed E-state index contributed by atoms with van der Waals surface area (Å²) in [5.41, 5.74) is 1.53. The van der Waals surface area contributed by atoms with Crippen LogP contribution in [0, 0.1) is 6.92 Å². The Balaban J connectivity index is 1.92. The van der Waals surface area contributed by atoms with E-state index in [9.17, 15) is 9.59 Å². The molecule has 0 aliphatic carbocycles. The minimum Gasteiger partial charge on any atom is -0.334 e. The van der Waals surface area contributed by atoms with Crippen molar-refractivity contribution in [1.82, 2.24) is 14.9 Å². The Morgan fingerprint density at radius 2 is 2.23 bits per heavy atom. The Morgan fingerprint density at radius 1 is 1.45 bits per heavy atom. The molecule has 1 aliphatic heterocycles. The third-order valence-electron chi connectivity index (χ3n) is 3.97. The van der Waals surface area contributed by atoms with E-state index in [2.05, 4.69) is 21.4 Å². The summed E-state index contributed by atoms with van der Waals surface area (Å²) >= 11 is 1.73. The zero-order chi connectivity index (χ0) is 15.9. The van der Waals surface area contributed by atoms with Gasteiger partial charge in [0.25, 0.3) is 11.5 Å². The van der Waals surface area contributed by atoms with Crippen LogP contribution in [0.1, 0.15) is 52.1 Å². The van der Waals surface area contributed by atoms with Gasteiger partial charge in [-0.3, -0.25) is 9.59 Å². The molecule has 0 atom stereocenters. The Kier molecular flexibility index (Phi) is 3.87. The van der Waals surface area contributed by atoms with Crippen LogP contribution in [0.4, 0.5) is 0 Å². The average Bonchev–Trinajstić information content (AvgIpc) is 2.93. The lowest BCUT2D eigenvalue weighted by molar-refractivity contribution is 0.0732. The number of aromatic nitrogens is 2. The first-order valence-electron chi connectivity index (χ1n) is 7.42. The first-order chi connectivity index (χ1) is 10.5. The van der Waals surface area contributed by atoms with E-state index in [-0.39, 0.29) is 22.9 Å². The fourth-order valence-corrected chi connectivity index (χ4v) is 3.60. The Hall–Kier alpha value is -1.95. The molecular formula is C16H19N3O2S. The van der Waals surface area contributed by atoms with Gasteiger partial charge in [0.2, 0.25) is 0 Å². The van der Waals surface area contributed by atoms with Crippen molar-refractivity contribution < 1.29 is 4.79 Å². The minimum atomic E-state index is -0.336. The second-order valence-corrected chi connectivity index (χ2v) is 6.91. The second-order valence-electron chi connectivity index (χ2n) is 5.91. The van der Waals surface area contributed by atoms with E-state index in [1.807, 2.05) is 13.8 Å². The van der Waals surface area contributed by atoms with Gasteiger partial charge in [0.05, 0.1) is 5.69 Å². The molecule has 0 bridgehead atoms. The highest BCUT2D eigenvalue weighted by Crippen LogP contribution is 2.25. The van der Waals surface area contributed by atoms with E-state index in [0.717, 1.165) is 6.42 Å². The Morgan fingerprint density at radius 3 is 2.91 bits per heavy atom. The molecule has 0 fully saturated rings. The van der Waals surface area contributed by atoms with Crippen LogP contribution in [0.15, 0.2) is 16.2 Å². The van der Waals surface area contributed by atoms with Crippen LogP contribution in [-0.2, 0) is 13.0 Å². The van der Waals surface area contributed by atoms with Crippen molar-refractivity contribution in [2.24, 2.45) is 0 Å². The molecule has 1 N–H and O–H groups in total. The molecule has 1 aliphatic rings. The van der Waals surface area contributed by atoms with Gasteiger partial charge in [0.15, 0.2) is 0 Å². The van der Waals surface area contributed by atoms with Gasteiger partial charge in [0, 0.05) is 23.9 Å². The molecule has 22 heavy (non-hydrogen) atoms. The number of nitrogens with one attached hydrogen (secondary N) is 1. The molecule has 0 radical (unpaired) electrons. The summed E-state index contributed by atoms with van der Waals surface area (Å²) in [4.78, 5) is 35.2.